The van der Waals surface area contributed by atoms with E-state index in [9.17, 15) is 4.79 Å². The van der Waals surface area contributed by atoms with Crippen LogP contribution in [0.2, 0.25) is 0 Å². The van der Waals surface area contributed by atoms with Crippen LogP contribution in [0, 0.1) is 0 Å². The summed E-state index contributed by atoms with van der Waals surface area (Å²) in [5.41, 5.74) is 2.29. The van der Waals surface area contributed by atoms with Crippen LogP contribution in [0.4, 0.5) is 5.13 Å². The highest BCUT2D eigenvalue weighted by Crippen LogP contribution is 2.31. The number of hydrogen-bond donors (Lipinski definition) is 1. The van der Waals surface area contributed by atoms with Gasteiger partial charge < -0.3 is 15.0 Å². The summed E-state index contributed by atoms with van der Waals surface area (Å²) in [6.07, 6.45) is 1.43. The Morgan fingerprint density at radius 3 is 2.79 bits per heavy atom. The Labute approximate surface area is 173 Å². The van der Waals surface area contributed by atoms with Gasteiger partial charge in [-0.05, 0) is 24.1 Å². The molecule has 3 aromatic rings. The summed E-state index contributed by atoms with van der Waals surface area (Å²) in [6.45, 7) is 3.53. The van der Waals surface area contributed by atoms with Crippen LogP contribution in [0.15, 0.2) is 47.8 Å². The van der Waals surface area contributed by atoms with E-state index in [4.69, 9.17) is 9.72 Å². The second-order valence-corrected chi connectivity index (χ2v) is 8.66. The number of morpholine rings is 1. The van der Waals surface area contributed by atoms with Gasteiger partial charge in [-0.1, -0.05) is 30.3 Å². The van der Waals surface area contributed by atoms with E-state index < -0.39 is 0 Å². The molecule has 0 unspecified atom stereocenters. The van der Waals surface area contributed by atoms with Gasteiger partial charge in [-0.15, -0.1) is 22.7 Å². The smallest absolute Gasteiger partial charge is 0.227 e. The molecule has 1 amide bonds. The number of aromatic nitrogens is 1. The number of ether oxygens (including phenoxy) is 1. The molecule has 146 valence electrons. The molecule has 5 nitrogen and oxygen atoms in total. The van der Waals surface area contributed by atoms with E-state index >= 15 is 0 Å². The van der Waals surface area contributed by atoms with Crippen molar-refractivity contribution in [3.63, 3.8) is 0 Å². The summed E-state index contributed by atoms with van der Waals surface area (Å²) in [5, 5.41) is 6.41. The maximum Gasteiger partial charge on any atom is 0.227 e. The first-order chi connectivity index (χ1) is 13.8. The van der Waals surface area contributed by atoms with Crippen LogP contribution in [0.5, 0.6) is 0 Å². The maximum atomic E-state index is 12.4. The van der Waals surface area contributed by atoms with Crippen molar-refractivity contribution in [2.45, 2.75) is 12.8 Å². The number of thiophene rings is 1. The summed E-state index contributed by atoms with van der Waals surface area (Å²) in [6, 6.07) is 14.5. The largest absolute Gasteiger partial charge is 0.378 e. The molecule has 4 rings (SSSR count). The molecule has 0 aliphatic carbocycles. The number of benzene rings is 1. The van der Waals surface area contributed by atoms with Crippen LogP contribution in [0.1, 0.15) is 10.4 Å². The molecule has 0 spiro atoms. The topological polar surface area (TPSA) is 54.5 Å². The second kappa shape index (κ2) is 9.32. The number of hydrogen-bond acceptors (Lipinski definition) is 6. The monoisotopic (exact) mass is 413 g/mol. The first-order valence-corrected chi connectivity index (χ1v) is 11.2. The van der Waals surface area contributed by atoms with Gasteiger partial charge in [0.1, 0.15) is 0 Å². The molecule has 1 aromatic carbocycles. The minimum atomic E-state index is 0.179. The molecule has 2 aromatic heterocycles. The van der Waals surface area contributed by atoms with E-state index in [1.54, 1.807) is 22.7 Å². The van der Waals surface area contributed by atoms with Gasteiger partial charge in [0.2, 0.25) is 5.91 Å². The third kappa shape index (κ3) is 4.98. The molecule has 1 fully saturated rings. The Balaban J connectivity index is 1.30. The SMILES string of the molecule is O=C(Cc1ccc(-c2csc(NCCc3ccccc3)n2)s1)N1CCOCC1. The van der Waals surface area contributed by atoms with E-state index in [1.807, 2.05) is 17.0 Å². The minimum Gasteiger partial charge on any atom is -0.378 e. The molecule has 1 aliphatic rings. The van der Waals surface area contributed by atoms with Gasteiger partial charge >= 0.3 is 0 Å². The summed E-state index contributed by atoms with van der Waals surface area (Å²) >= 11 is 3.27. The molecule has 28 heavy (non-hydrogen) atoms. The fraction of sp³-hybridized carbons (Fsp3) is 0.333. The Morgan fingerprint density at radius 2 is 1.96 bits per heavy atom. The van der Waals surface area contributed by atoms with Gasteiger partial charge in [0.25, 0.3) is 0 Å². The van der Waals surface area contributed by atoms with Crippen LogP contribution in [-0.4, -0.2) is 48.6 Å². The second-order valence-electron chi connectivity index (χ2n) is 6.64. The summed E-state index contributed by atoms with van der Waals surface area (Å²) in [7, 11) is 0. The number of carbonyl (C=O) groups is 1. The standard InChI is InChI=1S/C21H23N3O2S2/c25-20(24-10-12-26-13-11-24)14-17-6-7-19(28-17)18-15-27-21(23-18)22-9-8-16-4-2-1-3-5-16/h1-7,15H,8-14H2,(H,22,23). The number of amides is 1. The van der Waals surface area contributed by atoms with Gasteiger partial charge in [0.15, 0.2) is 5.13 Å². The van der Waals surface area contributed by atoms with E-state index in [0.29, 0.717) is 32.7 Å². The first kappa shape index (κ1) is 19.1. The van der Waals surface area contributed by atoms with E-state index in [1.165, 1.54) is 5.56 Å². The quantitative estimate of drug-likeness (QED) is 0.638. The number of anilines is 1. The lowest BCUT2D eigenvalue weighted by Crippen LogP contribution is -2.41. The third-order valence-corrected chi connectivity index (χ3v) is 6.55. The number of nitrogens with one attached hydrogen (secondary N) is 1. The Morgan fingerprint density at radius 1 is 1.14 bits per heavy atom. The zero-order valence-electron chi connectivity index (χ0n) is 15.6. The van der Waals surface area contributed by atoms with Crippen LogP contribution in [0.3, 0.4) is 0 Å². The number of rotatable bonds is 7. The van der Waals surface area contributed by atoms with Gasteiger partial charge in [-0.25, -0.2) is 4.98 Å². The van der Waals surface area contributed by atoms with E-state index in [0.717, 1.165) is 33.5 Å². The number of thiazole rings is 1. The highest BCUT2D eigenvalue weighted by Gasteiger charge is 2.18. The van der Waals surface area contributed by atoms with E-state index in [2.05, 4.69) is 41.0 Å². The molecular weight excluding hydrogens is 390 g/mol. The van der Waals surface area contributed by atoms with Crippen molar-refractivity contribution in [1.82, 2.24) is 9.88 Å². The highest BCUT2D eigenvalue weighted by atomic mass is 32.1. The minimum absolute atomic E-state index is 0.179. The number of nitrogens with zero attached hydrogens (tertiary/aromatic N) is 2. The van der Waals surface area contributed by atoms with Crippen LogP contribution >= 0.6 is 22.7 Å². The average Bonchev–Trinajstić information content (AvgIpc) is 3.39. The Kier molecular flexibility index (Phi) is 6.36. The molecule has 0 bridgehead atoms. The van der Waals surface area contributed by atoms with Crippen LogP contribution in [-0.2, 0) is 22.4 Å². The van der Waals surface area contributed by atoms with Gasteiger partial charge in [-0.3, -0.25) is 4.79 Å². The van der Waals surface area contributed by atoms with Crippen LogP contribution < -0.4 is 5.32 Å². The van der Waals surface area contributed by atoms with Crippen molar-refractivity contribution >= 4 is 33.7 Å². The van der Waals surface area contributed by atoms with Crippen molar-refractivity contribution in [2.24, 2.45) is 0 Å². The summed E-state index contributed by atoms with van der Waals surface area (Å²) < 4.78 is 5.31. The Hall–Kier alpha value is -2.22. The normalized spacial score (nSPS) is 14.2. The highest BCUT2D eigenvalue weighted by molar-refractivity contribution is 7.17. The van der Waals surface area contributed by atoms with Crippen molar-refractivity contribution in [3.8, 4) is 10.6 Å². The Bertz CT molecular complexity index is 901. The molecule has 1 saturated heterocycles. The van der Waals surface area contributed by atoms with E-state index in [-0.39, 0.29) is 5.91 Å². The average molecular weight is 414 g/mol. The van der Waals surface area contributed by atoms with Gasteiger partial charge in [0.05, 0.1) is 30.2 Å². The first-order valence-electron chi connectivity index (χ1n) is 9.46. The molecule has 0 atom stereocenters. The van der Waals surface area contributed by atoms with Crippen LogP contribution in [0.25, 0.3) is 10.6 Å². The maximum absolute atomic E-state index is 12.4. The molecule has 0 radical (unpaired) electrons. The molecule has 0 saturated carbocycles. The number of carbonyl (C=O) groups excluding carboxylic acids is 1. The van der Waals surface area contributed by atoms with Crippen molar-refractivity contribution in [3.05, 3.63) is 58.3 Å². The van der Waals surface area contributed by atoms with Crippen molar-refractivity contribution in [1.29, 1.82) is 0 Å². The van der Waals surface area contributed by atoms with Crippen molar-refractivity contribution in [2.75, 3.05) is 38.2 Å². The molecule has 1 aliphatic heterocycles. The predicted octanol–water partition coefficient (Wildman–Crippen LogP) is 3.93. The molecule has 3 heterocycles. The van der Waals surface area contributed by atoms with Gasteiger partial charge in [0, 0.05) is 29.9 Å². The lowest BCUT2D eigenvalue weighted by atomic mass is 10.2. The molecule has 7 heteroatoms. The summed E-state index contributed by atoms with van der Waals surface area (Å²) in [5.74, 6) is 0.179. The predicted molar refractivity (Wildman–Crippen MR) is 115 cm³/mol. The molecule has 1 N–H and O–H groups in total. The van der Waals surface area contributed by atoms with Gasteiger partial charge in [-0.2, -0.15) is 0 Å². The fourth-order valence-corrected chi connectivity index (χ4v) is 4.88. The lowest BCUT2D eigenvalue weighted by Gasteiger charge is -2.26. The van der Waals surface area contributed by atoms with Crippen molar-refractivity contribution < 1.29 is 9.53 Å². The molecular formula is C21H23N3O2S2. The zero-order valence-corrected chi connectivity index (χ0v) is 17.2. The zero-order chi connectivity index (χ0) is 19.2. The lowest BCUT2D eigenvalue weighted by molar-refractivity contribution is -0.134. The third-order valence-electron chi connectivity index (χ3n) is 4.64. The summed E-state index contributed by atoms with van der Waals surface area (Å²) in [4.78, 5) is 21.2. The fourth-order valence-electron chi connectivity index (χ4n) is 3.11.